The van der Waals surface area contributed by atoms with Gasteiger partial charge in [0.25, 0.3) is 5.91 Å². The zero-order valence-corrected chi connectivity index (χ0v) is 16.7. The highest BCUT2D eigenvalue weighted by atomic mass is 35.5. The molecule has 4 N–H and O–H groups in total. The molecule has 0 spiro atoms. The number of halogens is 1. The van der Waals surface area contributed by atoms with Crippen LogP contribution in [0.2, 0.25) is 0 Å². The maximum Gasteiger partial charge on any atom is 0.251 e. The number of hydrogen-bond acceptors (Lipinski definition) is 3. The third-order valence-electron chi connectivity index (χ3n) is 4.54. The average molecular weight is 370 g/mol. The number of carbonyl (C=O) groups excluding carboxylic acids is 2. The van der Waals surface area contributed by atoms with Gasteiger partial charge in [0.15, 0.2) is 0 Å². The summed E-state index contributed by atoms with van der Waals surface area (Å²) < 4.78 is 0. The van der Waals surface area contributed by atoms with Crippen molar-refractivity contribution in [2.45, 2.75) is 59.0 Å². The van der Waals surface area contributed by atoms with Crippen LogP contribution in [0.15, 0.2) is 24.3 Å². The van der Waals surface area contributed by atoms with E-state index in [0.717, 1.165) is 18.4 Å². The maximum atomic E-state index is 12.5. The van der Waals surface area contributed by atoms with Crippen LogP contribution in [0.1, 0.15) is 56.5 Å². The third kappa shape index (κ3) is 7.04. The van der Waals surface area contributed by atoms with E-state index in [1.165, 1.54) is 0 Å². The van der Waals surface area contributed by atoms with E-state index in [4.69, 9.17) is 5.73 Å². The second kappa shape index (κ2) is 10.4. The Morgan fingerprint density at radius 2 is 1.80 bits per heavy atom. The van der Waals surface area contributed by atoms with Gasteiger partial charge in [0, 0.05) is 17.6 Å². The highest BCUT2D eigenvalue weighted by Crippen LogP contribution is 2.11. The Bertz CT molecular complexity index is 572. The smallest absolute Gasteiger partial charge is 0.251 e. The number of nitrogens with one attached hydrogen (secondary N) is 2. The van der Waals surface area contributed by atoms with Crippen LogP contribution >= 0.6 is 12.4 Å². The molecule has 25 heavy (non-hydrogen) atoms. The van der Waals surface area contributed by atoms with E-state index in [-0.39, 0.29) is 30.1 Å². The largest absolute Gasteiger partial charge is 0.352 e. The lowest BCUT2D eigenvalue weighted by atomic mass is 9.94. The number of carbonyl (C=O) groups is 2. The molecule has 1 rings (SSSR count). The van der Waals surface area contributed by atoms with Gasteiger partial charge in [-0.15, -0.1) is 12.4 Å². The monoisotopic (exact) mass is 369 g/mol. The first-order chi connectivity index (χ1) is 11.2. The fraction of sp³-hybridized carbons (Fsp3) is 0.579. The van der Waals surface area contributed by atoms with Crippen molar-refractivity contribution in [2.75, 3.05) is 6.54 Å². The van der Waals surface area contributed by atoms with Crippen molar-refractivity contribution in [3.05, 3.63) is 35.4 Å². The fourth-order valence-electron chi connectivity index (χ4n) is 2.42. The minimum absolute atomic E-state index is 0. The molecular formula is C19H32ClN3O2. The van der Waals surface area contributed by atoms with Crippen LogP contribution in [-0.2, 0) is 4.79 Å². The standard InChI is InChI=1S/C19H31N3O2.ClH/c1-6-19(20,7-2)12-21-18(24)16(13(3)4)22-17(23)15-10-8-9-14(5)11-15;/h8-11,13,16H,6-7,12,20H2,1-5H3,(H,21,24)(H,22,23);1H. The Balaban J connectivity index is 0.00000576. The number of rotatable bonds is 8. The lowest BCUT2D eigenvalue weighted by Gasteiger charge is -2.29. The van der Waals surface area contributed by atoms with Crippen LogP contribution in [0.3, 0.4) is 0 Å². The topological polar surface area (TPSA) is 84.2 Å². The van der Waals surface area contributed by atoms with Crippen molar-refractivity contribution < 1.29 is 9.59 Å². The van der Waals surface area contributed by atoms with Gasteiger partial charge >= 0.3 is 0 Å². The lowest BCUT2D eigenvalue weighted by molar-refractivity contribution is -0.124. The van der Waals surface area contributed by atoms with Gasteiger partial charge in [-0.05, 0) is 37.8 Å². The van der Waals surface area contributed by atoms with Gasteiger partial charge in [0.1, 0.15) is 6.04 Å². The van der Waals surface area contributed by atoms with Crippen LogP contribution < -0.4 is 16.4 Å². The molecule has 1 unspecified atom stereocenters. The molecule has 0 aromatic heterocycles. The van der Waals surface area contributed by atoms with Gasteiger partial charge in [0.05, 0.1) is 0 Å². The first-order valence-electron chi connectivity index (χ1n) is 8.66. The maximum absolute atomic E-state index is 12.5. The number of amides is 2. The van der Waals surface area contributed by atoms with E-state index in [0.29, 0.717) is 12.1 Å². The summed E-state index contributed by atoms with van der Waals surface area (Å²) in [5.41, 5.74) is 7.39. The zero-order valence-electron chi connectivity index (χ0n) is 15.9. The molecule has 2 amide bonds. The Labute approximate surface area is 157 Å². The Morgan fingerprint density at radius 3 is 2.28 bits per heavy atom. The van der Waals surface area contributed by atoms with Crippen molar-refractivity contribution in [2.24, 2.45) is 11.7 Å². The molecule has 0 saturated heterocycles. The van der Waals surface area contributed by atoms with Gasteiger partial charge in [-0.25, -0.2) is 0 Å². The molecule has 1 aromatic rings. The summed E-state index contributed by atoms with van der Waals surface area (Å²) in [4.78, 5) is 24.9. The number of aryl methyl sites for hydroxylation is 1. The van der Waals surface area contributed by atoms with Crippen molar-refractivity contribution in [3.8, 4) is 0 Å². The molecule has 0 fully saturated rings. The van der Waals surface area contributed by atoms with E-state index in [2.05, 4.69) is 10.6 Å². The van der Waals surface area contributed by atoms with E-state index >= 15 is 0 Å². The Morgan fingerprint density at radius 1 is 1.20 bits per heavy atom. The minimum Gasteiger partial charge on any atom is -0.352 e. The van der Waals surface area contributed by atoms with Gasteiger partial charge in [-0.2, -0.15) is 0 Å². The van der Waals surface area contributed by atoms with Crippen molar-refractivity contribution in [3.63, 3.8) is 0 Å². The first kappa shape index (κ1) is 23.4. The van der Waals surface area contributed by atoms with Crippen molar-refractivity contribution in [1.29, 1.82) is 0 Å². The van der Waals surface area contributed by atoms with E-state index < -0.39 is 11.6 Å². The minimum atomic E-state index is -0.587. The quantitative estimate of drug-likeness (QED) is 0.658. The van der Waals surface area contributed by atoms with E-state index in [1.807, 2.05) is 52.8 Å². The molecule has 0 aliphatic rings. The number of benzene rings is 1. The third-order valence-corrected chi connectivity index (χ3v) is 4.54. The van der Waals surface area contributed by atoms with Crippen LogP contribution in [-0.4, -0.2) is 29.9 Å². The summed E-state index contributed by atoms with van der Waals surface area (Å²) in [5, 5.41) is 5.74. The molecule has 0 heterocycles. The van der Waals surface area contributed by atoms with Crippen LogP contribution in [0, 0.1) is 12.8 Å². The summed E-state index contributed by atoms with van der Waals surface area (Å²) in [6.45, 7) is 10.2. The predicted octanol–water partition coefficient (Wildman–Crippen LogP) is 2.80. The second-order valence-electron chi connectivity index (χ2n) is 6.85. The highest BCUT2D eigenvalue weighted by molar-refractivity contribution is 5.97. The van der Waals surface area contributed by atoms with E-state index in [9.17, 15) is 9.59 Å². The van der Waals surface area contributed by atoms with Gasteiger partial charge < -0.3 is 16.4 Å². The first-order valence-corrected chi connectivity index (χ1v) is 8.66. The van der Waals surface area contributed by atoms with Crippen LogP contribution in [0.4, 0.5) is 0 Å². The summed E-state index contributed by atoms with van der Waals surface area (Å²) in [6, 6.07) is 6.73. The molecule has 0 radical (unpaired) electrons. The molecule has 142 valence electrons. The lowest BCUT2D eigenvalue weighted by Crippen LogP contribution is -2.55. The van der Waals surface area contributed by atoms with Crippen molar-refractivity contribution in [1.82, 2.24) is 10.6 Å². The molecule has 0 bridgehead atoms. The Hall–Kier alpha value is -1.59. The van der Waals surface area contributed by atoms with Gasteiger partial charge in [-0.3, -0.25) is 9.59 Å². The molecule has 5 nitrogen and oxygen atoms in total. The van der Waals surface area contributed by atoms with E-state index in [1.54, 1.807) is 6.07 Å². The fourth-order valence-corrected chi connectivity index (χ4v) is 2.42. The van der Waals surface area contributed by atoms with Crippen molar-refractivity contribution >= 4 is 24.2 Å². The molecule has 0 aliphatic heterocycles. The SMILES string of the molecule is CCC(N)(CC)CNC(=O)C(NC(=O)c1cccc(C)c1)C(C)C.Cl. The normalized spacial score (nSPS) is 12.3. The molecule has 0 aliphatic carbocycles. The summed E-state index contributed by atoms with van der Waals surface area (Å²) in [5.74, 6) is -0.450. The summed E-state index contributed by atoms with van der Waals surface area (Å²) >= 11 is 0. The average Bonchev–Trinajstić information content (AvgIpc) is 2.56. The summed E-state index contributed by atoms with van der Waals surface area (Å²) in [6.07, 6.45) is 1.57. The molecule has 6 heteroatoms. The van der Waals surface area contributed by atoms with Gasteiger partial charge in [-0.1, -0.05) is 45.4 Å². The van der Waals surface area contributed by atoms with Crippen LogP contribution in [0.25, 0.3) is 0 Å². The predicted molar refractivity (Wildman–Crippen MR) is 105 cm³/mol. The summed E-state index contributed by atoms with van der Waals surface area (Å²) in [7, 11) is 0. The number of nitrogens with two attached hydrogens (primary N) is 1. The number of hydrogen-bond donors (Lipinski definition) is 3. The Kier molecular flexibility index (Phi) is 9.75. The van der Waals surface area contributed by atoms with Crippen LogP contribution in [0.5, 0.6) is 0 Å². The molecule has 1 aromatic carbocycles. The zero-order chi connectivity index (χ0) is 18.3. The molecule has 1 atom stereocenters. The van der Waals surface area contributed by atoms with Gasteiger partial charge in [0.2, 0.25) is 5.91 Å². The molecular weight excluding hydrogens is 338 g/mol. The molecule has 0 saturated carbocycles. The highest BCUT2D eigenvalue weighted by Gasteiger charge is 2.27. The second-order valence-corrected chi connectivity index (χ2v) is 6.85.